The third-order valence-corrected chi connectivity index (χ3v) is 2.67. The van der Waals surface area contributed by atoms with Crippen molar-refractivity contribution in [3.8, 4) is 0 Å². The zero-order valence-corrected chi connectivity index (χ0v) is 7.59. The molecule has 0 atom stereocenters. The van der Waals surface area contributed by atoms with Crippen molar-refractivity contribution in [1.82, 2.24) is 4.98 Å². The van der Waals surface area contributed by atoms with E-state index in [9.17, 15) is 0 Å². The number of rotatable bonds is 2. The minimum absolute atomic E-state index is 1.04. The van der Waals surface area contributed by atoms with Gasteiger partial charge in [0.2, 0.25) is 0 Å². The number of hydrogen-bond donors (Lipinski definition) is 1. The second kappa shape index (κ2) is 3.55. The topological polar surface area (TPSA) is 15.8 Å². The Balaban J connectivity index is 2.15. The third-order valence-electron chi connectivity index (χ3n) is 1.77. The monoisotopic (exact) mass is 175 g/mol. The maximum Gasteiger partial charge on any atom is 0.0468 e. The first-order valence-electron chi connectivity index (χ1n) is 3.97. The molecule has 1 N–H and O–H groups in total. The Labute approximate surface area is 73.6 Å². The molecule has 1 heterocycles. The van der Waals surface area contributed by atoms with E-state index < -0.39 is 0 Å². The molecule has 0 aliphatic rings. The highest BCUT2D eigenvalue weighted by Crippen LogP contribution is 2.15. The fraction of sp³-hybridized carbons (Fsp3) is 0.100. The number of aromatic nitrogens is 1. The molecule has 0 saturated heterocycles. The largest absolute Gasteiger partial charge is 0.361 e. The average molecular weight is 175 g/mol. The van der Waals surface area contributed by atoms with E-state index in [1.54, 1.807) is 0 Å². The Kier molecular flexibility index (Phi) is 2.24. The smallest absolute Gasteiger partial charge is 0.0468 e. The van der Waals surface area contributed by atoms with Crippen molar-refractivity contribution in [2.24, 2.45) is 0 Å². The molecule has 0 bridgehead atoms. The minimum Gasteiger partial charge on any atom is -0.361 e. The molecule has 0 aliphatic carbocycles. The van der Waals surface area contributed by atoms with E-state index in [2.05, 4.69) is 35.0 Å². The first-order valence-corrected chi connectivity index (χ1v) is 4.94. The minimum atomic E-state index is 1.04. The summed E-state index contributed by atoms with van der Waals surface area (Å²) in [6, 6.07) is 10.5. The SMILES string of the molecule is c1ccc(Cc2[nH]ccp2)cc1. The first kappa shape index (κ1) is 7.57. The Morgan fingerprint density at radius 2 is 2.00 bits per heavy atom. The summed E-state index contributed by atoms with van der Waals surface area (Å²) < 4.78 is 0. The third kappa shape index (κ3) is 1.75. The lowest BCUT2D eigenvalue weighted by atomic mass is 10.2. The van der Waals surface area contributed by atoms with Gasteiger partial charge in [-0.25, -0.2) is 0 Å². The highest BCUT2D eigenvalue weighted by molar-refractivity contribution is 7.29. The molecule has 2 aromatic rings. The number of hydrogen-bond acceptors (Lipinski definition) is 0. The normalized spacial score (nSPS) is 10.7. The van der Waals surface area contributed by atoms with Crippen LogP contribution in [0.25, 0.3) is 0 Å². The number of benzene rings is 1. The van der Waals surface area contributed by atoms with Gasteiger partial charge in [-0.3, -0.25) is 0 Å². The van der Waals surface area contributed by atoms with Crippen LogP contribution < -0.4 is 0 Å². The molecule has 0 amide bonds. The van der Waals surface area contributed by atoms with Crippen LogP contribution in [-0.4, -0.2) is 4.98 Å². The lowest BCUT2D eigenvalue weighted by Gasteiger charge is -1.96. The van der Waals surface area contributed by atoms with E-state index in [0.717, 1.165) is 6.42 Å². The van der Waals surface area contributed by atoms with Gasteiger partial charge >= 0.3 is 0 Å². The average Bonchev–Trinajstić information content (AvgIpc) is 2.59. The summed E-state index contributed by atoms with van der Waals surface area (Å²) in [5.74, 6) is 2.12. The van der Waals surface area contributed by atoms with E-state index in [0.29, 0.717) is 0 Å². The summed E-state index contributed by atoms with van der Waals surface area (Å²) in [7, 11) is 1.31. The van der Waals surface area contributed by atoms with Gasteiger partial charge < -0.3 is 4.98 Å². The molecule has 0 saturated carbocycles. The van der Waals surface area contributed by atoms with E-state index in [-0.39, 0.29) is 0 Å². The summed E-state index contributed by atoms with van der Waals surface area (Å²) in [6.07, 6.45) is 3.04. The summed E-state index contributed by atoms with van der Waals surface area (Å²) in [4.78, 5) is 3.23. The Bertz CT molecular complexity index is 326. The van der Waals surface area contributed by atoms with Crippen LogP contribution in [0.15, 0.2) is 42.3 Å². The van der Waals surface area contributed by atoms with Gasteiger partial charge in [0, 0.05) is 18.0 Å². The summed E-state index contributed by atoms with van der Waals surface area (Å²) in [5.41, 5.74) is 2.73. The molecule has 1 nitrogen and oxygen atoms in total. The van der Waals surface area contributed by atoms with Crippen LogP contribution in [0.2, 0.25) is 0 Å². The Morgan fingerprint density at radius 1 is 1.17 bits per heavy atom. The molecular weight excluding hydrogens is 165 g/mol. The van der Waals surface area contributed by atoms with Crippen LogP contribution >= 0.6 is 8.19 Å². The first-order chi connectivity index (χ1) is 5.95. The van der Waals surface area contributed by atoms with Crippen molar-refractivity contribution in [3.63, 3.8) is 0 Å². The quantitative estimate of drug-likeness (QED) is 0.721. The zero-order chi connectivity index (χ0) is 8.23. The van der Waals surface area contributed by atoms with Crippen molar-refractivity contribution in [1.29, 1.82) is 0 Å². The fourth-order valence-electron chi connectivity index (χ4n) is 1.18. The van der Waals surface area contributed by atoms with E-state index in [4.69, 9.17) is 0 Å². The van der Waals surface area contributed by atoms with Crippen molar-refractivity contribution >= 4 is 8.19 Å². The fourth-order valence-corrected chi connectivity index (χ4v) is 1.94. The van der Waals surface area contributed by atoms with Crippen LogP contribution in [0.1, 0.15) is 11.0 Å². The Morgan fingerprint density at radius 3 is 2.67 bits per heavy atom. The summed E-state index contributed by atoms with van der Waals surface area (Å²) in [6.45, 7) is 0. The molecule has 0 fully saturated rings. The molecule has 60 valence electrons. The van der Waals surface area contributed by atoms with Gasteiger partial charge in [0.25, 0.3) is 0 Å². The van der Waals surface area contributed by atoms with Crippen molar-refractivity contribution < 1.29 is 0 Å². The number of nitrogens with one attached hydrogen (secondary N) is 1. The second-order valence-electron chi connectivity index (χ2n) is 2.70. The molecule has 1 aromatic carbocycles. The summed E-state index contributed by atoms with van der Waals surface area (Å²) >= 11 is 0. The maximum atomic E-state index is 3.23. The standard InChI is InChI=1S/C10H10NP/c1-2-4-9(5-3-1)8-10-11-6-7-12-10/h1-7,11H,8H2. The molecule has 0 unspecified atom stereocenters. The lowest BCUT2D eigenvalue weighted by molar-refractivity contribution is 1.14. The van der Waals surface area contributed by atoms with Crippen LogP contribution in [0.4, 0.5) is 0 Å². The van der Waals surface area contributed by atoms with Gasteiger partial charge in [-0.1, -0.05) is 38.5 Å². The lowest BCUT2D eigenvalue weighted by Crippen LogP contribution is -1.84. The molecular formula is C10H10NP. The summed E-state index contributed by atoms with van der Waals surface area (Å²) in [5, 5.41) is 0. The van der Waals surface area contributed by atoms with Crippen molar-refractivity contribution in [2.45, 2.75) is 6.42 Å². The molecule has 2 heteroatoms. The van der Waals surface area contributed by atoms with Gasteiger partial charge in [0.1, 0.15) is 0 Å². The highest BCUT2D eigenvalue weighted by Gasteiger charge is 1.94. The molecule has 1 aromatic heterocycles. The Hall–Kier alpha value is -1.07. The van der Waals surface area contributed by atoms with Crippen molar-refractivity contribution in [2.75, 3.05) is 0 Å². The predicted octanol–water partition coefficient (Wildman–Crippen LogP) is 3.19. The number of H-pyrrole nitrogens is 1. The maximum absolute atomic E-state index is 3.23. The second-order valence-corrected chi connectivity index (χ2v) is 3.79. The number of aromatic amines is 1. The van der Waals surface area contributed by atoms with Crippen LogP contribution in [0.5, 0.6) is 0 Å². The van der Waals surface area contributed by atoms with Gasteiger partial charge in [-0.15, -0.1) is 0 Å². The molecule has 0 spiro atoms. The van der Waals surface area contributed by atoms with Crippen LogP contribution in [0.3, 0.4) is 0 Å². The van der Waals surface area contributed by atoms with Gasteiger partial charge in [-0.05, 0) is 11.4 Å². The van der Waals surface area contributed by atoms with Gasteiger partial charge in [-0.2, -0.15) is 0 Å². The highest BCUT2D eigenvalue weighted by atomic mass is 31.0. The van der Waals surface area contributed by atoms with E-state index >= 15 is 0 Å². The van der Waals surface area contributed by atoms with Crippen molar-refractivity contribution in [3.05, 3.63) is 53.3 Å². The van der Waals surface area contributed by atoms with Gasteiger partial charge in [0.05, 0.1) is 0 Å². The van der Waals surface area contributed by atoms with Crippen LogP contribution in [0, 0.1) is 0 Å². The molecule has 12 heavy (non-hydrogen) atoms. The molecule has 0 aliphatic heterocycles. The van der Waals surface area contributed by atoms with Gasteiger partial charge in [0.15, 0.2) is 0 Å². The molecule has 0 radical (unpaired) electrons. The van der Waals surface area contributed by atoms with E-state index in [1.165, 1.54) is 19.2 Å². The zero-order valence-electron chi connectivity index (χ0n) is 6.70. The molecule has 2 rings (SSSR count). The van der Waals surface area contributed by atoms with Crippen LogP contribution in [-0.2, 0) is 6.42 Å². The predicted molar refractivity (Wildman–Crippen MR) is 52.6 cm³/mol. The van der Waals surface area contributed by atoms with E-state index in [1.807, 2.05) is 12.3 Å².